The van der Waals surface area contributed by atoms with Crippen molar-refractivity contribution in [1.82, 2.24) is 10.3 Å². The second kappa shape index (κ2) is 6.60. The third-order valence-electron chi connectivity index (χ3n) is 2.95. The Balaban J connectivity index is 2.00. The molecule has 0 radical (unpaired) electrons. The topological polar surface area (TPSA) is 80.4 Å². The van der Waals surface area contributed by atoms with Crippen molar-refractivity contribution in [3.63, 3.8) is 0 Å². The molecule has 0 atom stereocenters. The minimum Gasteiger partial charge on any atom is -0.497 e. The van der Waals surface area contributed by atoms with Crippen LogP contribution in [-0.4, -0.2) is 25.1 Å². The van der Waals surface area contributed by atoms with Crippen molar-refractivity contribution in [3.05, 3.63) is 58.0 Å². The lowest BCUT2D eigenvalue weighted by atomic mass is 10.2. The van der Waals surface area contributed by atoms with Gasteiger partial charge in [0.15, 0.2) is 5.75 Å². The molecule has 2 N–H and O–H groups in total. The van der Waals surface area contributed by atoms with Crippen molar-refractivity contribution >= 4 is 5.91 Å². The molecule has 0 aliphatic rings. The Morgan fingerprint density at radius 1 is 1.19 bits per heavy atom. The standard InChI is InChI=1S/C15H16N2O4/c1-20-11-5-3-10(4-6-11)8-17-15(19)12-7-13(18)14(21-2)9-16-12/h3-7,9H,8H2,1-2H3,(H,16,18)(H,17,19). The summed E-state index contributed by atoms with van der Waals surface area (Å²) in [5.74, 6) is 0.567. The molecule has 110 valence electrons. The summed E-state index contributed by atoms with van der Waals surface area (Å²) < 4.78 is 9.90. The molecule has 0 aliphatic carbocycles. The molecule has 6 heteroatoms. The molecule has 0 unspecified atom stereocenters. The van der Waals surface area contributed by atoms with Gasteiger partial charge in [-0.05, 0) is 17.7 Å². The van der Waals surface area contributed by atoms with Crippen molar-refractivity contribution in [1.29, 1.82) is 0 Å². The minimum atomic E-state index is -0.356. The summed E-state index contributed by atoms with van der Waals surface area (Å²) in [7, 11) is 2.99. The lowest BCUT2D eigenvalue weighted by Gasteiger charge is -2.07. The smallest absolute Gasteiger partial charge is 0.268 e. The van der Waals surface area contributed by atoms with Crippen LogP contribution in [0.1, 0.15) is 16.1 Å². The van der Waals surface area contributed by atoms with Crippen LogP contribution >= 0.6 is 0 Å². The number of benzene rings is 1. The van der Waals surface area contributed by atoms with E-state index in [1.54, 1.807) is 7.11 Å². The van der Waals surface area contributed by atoms with Crippen LogP contribution in [0.3, 0.4) is 0 Å². The van der Waals surface area contributed by atoms with E-state index in [0.29, 0.717) is 6.54 Å². The number of hydrogen-bond donors (Lipinski definition) is 2. The molecule has 1 heterocycles. The van der Waals surface area contributed by atoms with Crippen LogP contribution in [-0.2, 0) is 6.54 Å². The lowest BCUT2D eigenvalue weighted by molar-refractivity contribution is 0.0945. The average Bonchev–Trinajstić information content (AvgIpc) is 2.53. The van der Waals surface area contributed by atoms with E-state index < -0.39 is 0 Å². The summed E-state index contributed by atoms with van der Waals surface area (Å²) >= 11 is 0. The molecule has 0 saturated carbocycles. The summed E-state index contributed by atoms with van der Waals surface area (Å²) in [5, 5.41) is 2.73. The number of ether oxygens (including phenoxy) is 2. The SMILES string of the molecule is COc1ccc(CNC(=O)c2cc(=O)c(OC)c[nH]2)cc1. The number of hydrogen-bond acceptors (Lipinski definition) is 4. The number of pyridine rings is 1. The first-order chi connectivity index (χ1) is 10.1. The van der Waals surface area contributed by atoms with Gasteiger partial charge < -0.3 is 19.8 Å². The highest BCUT2D eigenvalue weighted by atomic mass is 16.5. The predicted octanol–water partition coefficient (Wildman–Crippen LogP) is 1.32. The summed E-state index contributed by atoms with van der Waals surface area (Å²) in [6.45, 7) is 0.358. The normalized spacial score (nSPS) is 10.0. The maximum Gasteiger partial charge on any atom is 0.268 e. The number of nitrogens with one attached hydrogen (secondary N) is 2. The summed E-state index contributed by atoms with van der Waals surface area (Å²) in [4.78, 5) is 26.3. The molecule has 2 aromatic rings. The van der Waals surface area contributed by atoms with E-state index in [-0.39, 0.29) is 22.8 Å². The zero-order valence-electron chi connectivity index (χ0n) is 11.8. The summed E-state index contributed by atoms with van der Waals surface area (Å²) in [6, 6.07) is 8.56. The summed E-state index contributed by atoms with van der Waals surface area (Å²) in [5.41, 5.74) is 0.778. The van der Waals surface area contributed by atoms with Gasteiger partial charge in [-0.3, -0.25) is 9.59 Å². The zero-order valence-corrected chi connectivity index (χ0v) is 11.8. The molecule has 2 rings (SSSR count). The number of methoxy groups -OCH3 is 2. The highest BCUT2D eigenvalue weighted by molar-refractivity contribution is 5.92. The first-order valence-corrected chi connectivity index (χ1v) is 6.32. The fourth-order valence-corrected chi connectivity index (χ4v) is 1.77. The van der Waals surface area contributed by atoms with Crippen molar-refractivity contribution in [2.45, 2.75) is 6.54 Å². The van der Waals surface area contributed by atoms with E-state index in [1.807, 2.05) is 24.3 Å². The van der Waals surface area contributed by atoms with Crippen molar-refractivity contribution in [2.24, 2.45) is 0 Å². The van der Waals surface area contributed by atoms with Crippen LogP contribution in [0.15, 0.2) is 41.3 Å². The lowest BCUT2D eigenvalue weighted by Crippen LogP contribution is -2.25. The van der Waals surface area contributed by atoms with Crippen molar-refractivity contribution in [3.8, 4) is 11.5 Å². The average molecular weight is 288 g/mol. The van der Waals surface area contributed by atoms with Gasteiger partial charge in [-0.25, -0.2) is 0 Å². The van der Waals surface area contributed by atoms with E-state index >= 15 is 0 Å². The number of carbonyl (C=O) groups excluding carboxylic acids is 1. The molecular weight excluding hydrogens is 272 g/mol. The quantitative estimate of drug-likeness (QED) is 0.869. The third-order valence-corrected chi connectivity index (χ3v) is 2.95. The van der Waals surface area contributed by atoms with Crippen LogP contribution in [0.5, 0.6) is 11.5 Å². The Morgan fingerprint density at radius 2 is 1.90 bits per heavy atom. The number of aromatic amines is 1. The van der Waals surface area contributed by atoms with Gasteiger partial charge in [0.1, 0.15) is 11.4 Å². The number of H-pyrrole nitrogens is 1. The predicted molar refractivity (Wildman–Crippen MR) is 77.8 cm³/mol. The summed E-state index contributed by atoms with van der Waals surface area (Å²) in [6.07, 6.45) is 1.37. The van der Waals surface area contributed by atoms with Gasteiger partial charge in [-0.1, -0.05) is 12.1 Å². The molecule has 0 aliphatic heterocycles. The highest BCUT2D eigenvalue weighted by Crippen LogP contribution is 2.11. The van der Waals surface area contributed by atoms with Crippen LogP contribution in [0.4, 0.5) is 0 Å². The van der Waals surface area contributed by atoms with Gasteiger partial charge in [0.05, 0.1) is 14.2 Å². The van der Waals surface area contributed by atoms with E-state index in [0.717, 1.165) is 11.3 Å². The van der Waals surface area contributed by atoms with Gasteiger partial charge in [-0.2, -0.15) is 0 Å². The molecule has 1 aromatic heterocycles. The van der Waals surface area contributed by atoms with Crippen LogP contribution in [0.2, 0.25) is 0 Å². The Labute approximate surface area is 121 Å². The maximum absolute atomic E-state index is 11.9. The van der Waals surface area contributed by atoms with E-state index in [9.17, 15) is 9.59 Å². The molecule has 1 aromatic carbocycles. The van der Waals surface area contributed by atoms with Gasteiger partial charge in [0, 0.05) is 18.8 Å². The largest absolute Gasteiger partial charge is 0.497 e. The number of aromatic nitrogens is 1. The zero-order chi connectivity index (χ0) is 15.2. The highest BCUT2D eigenvalue weighted by Gasteiger charge is 2.08. The molecular formula is C15H16N2O4. The Bertz CT molecular complexity index is 677. The number of carbonyl (C=O) groups is 1. The van der Waals surface area contributed by atoms with E-state index in [1.165, 1.54) is 19.4 Å². The monoisotopic (exact) mass is 288 g/mol. The fourth-order valence-electron chi connectivity index (χ4n) is 1.77. The Morgan fingerprint density at radius 3 is 2.48 bits per heavy atom. The van der Waals surface area contributed by atoms with Crippen LogP contribution < -0.4 is 20.2 Å². The van der Waals surface area contributed by atoms with E-state index in [4.69, 9.17) is 9.47 Å². The fraction of sp³-hybridized carbons (Fsp3) is 0.200. The van der Waals surface area contributed by atoms with Gasteiger partial charge >= 0.3 is 0 Å². The van der Waals surface area contributed by atoms with Crippen LogP contribution in [0.25, 0.3) is 0 Å². The number of amides is 1. The van der Waals surface area contributed by atoms with E-state index in [2.05, 4.69) is 10.3 Å². The Kier molecular flexibility index (Phi) is 4.61. The maximum atomic E-state index is 11.9. The number of rotatable bonds is 5. The second-order valence-electron chi connectivity index (χ2n) is 4.31. The molecule has 0 saturated heterocycles. The molecule has 0 bridgehead atoms. The molecule has 0 spiro atoms. The molecule has 6 nitrogen and oxygen atoms in total. The first kappa shape index (κ1) is 14.6. The molecule has 0 fully saturated rings. The third kappa shape index (κ3) is 3.62. The van der Waals surface area contributed by atoms with Gasteiger partial charge in [-0.15, -0.1) is 0 Å². The Hall–Kier alpha value is -2.76. The van der Waals surface area contributed by atoms with Crippen molar-refractivity contribution < 1.29 is 14.3 Å². The van der Waals surface area contributed by atoms with Gasteiger partial charge in [0.25, 0.3) is 5.91 Å². The van der Waals surface area contributed by atoms with Crippen LogP contribution in [0, 0.1) is 0 Å². The first-order valence-electron chi connectivity index (χ1n) is 6.32. The molecule has 1 amide bonds. The second-order valence-corrected chi connectivity index (χ2v) is 4.31. The minimum absolute atomic E-state index is 0.168. The van der Waals surface area contributed by atoms with Gasteiger partial charge in [0.2, 0.25) is 5.43 Å². The molecule has 21 heavy (non-hydrogen) atoms. The van der Waals surface area contributed by atoms with Crippen molar-refractivity contribution in [2.75, 3.05) is 14.2 Å².